The fraction of sp³-hybridized carbons (Fsp3) is 0.478. The Morgan fingerprint density at radius 3 is 2.81 bits per heavy atom. The van der Waals surface area contributed by atoms with Gasteiger partial charge in [-0.25, -0.2) is 9.97 Å². The Labute approximate surface area is 182 Å². The van der Waals surface area contributed by atoms with Gasteiger partial charge in [0, 0.05) is 48.7 Å². The van der Waals surface area contributed by atoms with Crippen molar-refractivity contribution in [1.29, 1.82) is 5.26 Å². The first-order chi connectivity index (χ1) is 14.9. The van der Waals surface area contributed by atoms with Crippen LogP contribution in [0.15, 0.2) is 24.5 Å². The van der Waals surface area contributed by atoms with Crippen molar-refractivity contribution in [2.45, 2.75) is 50.6 Å². The van der Waals surface area contributed by atoms with Gasteiger partial charge in [-0.2, -0.15) is 5.26 Å². The number of ether oxygens (including phenoxy) is 1. The SMILES string of the molecule is COc1cc(-c2c(C#N)ncc(C(=O)NC3CCCC3)c2N2CC[C@](C)(N)C2)ccn1. The van der Waals surface area contributed by atoms with Crippen LogP contribution in [0.3, 0.4) is 0 Å². The fourth-order valence-electron chi connectivity index (χ4n) is 4.54. The number of carbonyl (C=O) groups is 1. The highest BCUT2D eigenvalue weighted by Crippen LogP contribution is 2.39. The molecule has 1 atom stereocenters. The van der Waals surface area contributed by atoms with Crippen molar-refractivity contribution in [3.05, 3.63) is 35.8 Å². The van der Waals surface area contributed by atoms with E-state index in [9.17, 15) is 10.1 Å². The molecular formula is C23H28N6O2. The molecule has 1 aliphatic carbocycles. The molecule has 1 saturated carbocycles. The number of nitrogens with two attached hydrogens (primary N) is 1. The van der Waals surface area contributed by atoms with Gasteiger partial charge in [-0.05, 0) is 37.8 Å². The van der Waals surface area contributed by atoms with Crippen molar-refractivity contribution in [2.75, 3.05) is 25.1 Å². The van der Waals surface area contributed by atoms with Crippen molar-refractivity contribution < 1.29 is 9.53 Å². The minimum Gasteiger partial charge on any atom is -0.481 e. The summed E-state index contributed by atoms with van der Waals surface area (Å²) in [4.78, 5) is 24.0. The number of methoxy groups -OCH3 is 1. The van der Waals surface area contributed by atoms with Gasteiger partial charge in [0.25, 0.3) is 5.91 Å². The molecule has 0 spiro atoms. The number of hydrogen-bond donors (Lipinski definition) is 2. The lowest BCUT2D eigenvalue weighted by Crippen LogP contribution is -2.40. The van der Waals surface area contributed by atoms with Crippen LogP contribution >= 0.6 is 0 Å². The molecule has 1 aliphatic heterocycles. The molecule has 1 amide bonds. The van der Waals surface area contributed by atoms with Crippen molar-refractivity contribution in [1.82, 2.24) is 15.3 Å². The highest BCUT2D eigenvalue weighted by Gasteiger charge is 2.35. The lowest BCUT2D eigenvalue weighted by atomic mass is 9.98. The first kappa shape index (κ1) is 21.1. The molecule has 0 unspecified atom stereocenters. The fourth-order valence-corrected chi connectivity index (χ4v) is 4.54. The second-order valence-electron chi connectivity index (χ2n) is 8.72. The number of anilines is 1. The summed E-state index contributed by atoms with van der Waals surface area (Å²) in [6.07, 6.45) is 8.17. The third kappa shape index (κ3) is 4.32. The maximum absolute atomic E-state index is 13.3. The van der Waals surface area contributed by atoms with Crippen LogP contribution in [-0.4, -0.2) is 47.7 Å². The molecular weight excluding hydrogens is 392 g/mol. The van der Waals surface area contributed by atoms with Crippen LogP contribution in [-0.2, 0) is 0 Å². The zero-order chi connectivity index (χ0) is 22.0. The Balaban J connectivity index is 1.87. The highest BCUT2D eigenvalue weighted by molar-refractivity contribution is 6.04. The first-order valence-corrected chi connectivity index (χ1v) is 10.7. The zero-order valence-electron chi connectivity index (χ0n) is 18.0. The summed E-state index contributed by atoms with van der Waals surface area (Å²) in [5.41, 5.74) is 8.80. The maximum atomic E-state index is 13.3. The Kier molecular flexibility index (Phi) is 5.79. The van der Waals surface area contributed by atoms with Crippen molar-refractivity contribution >= 4 is 11.6 Å². The van der Waals surface area contributed by atoms with Crippen LogP contribution in [0.1, 0.15) is 55.1 Å². The van der Waals surface area contributed by atoms with Gasteiger partial charge in [0.05, 0.1) is 18.4 Å². The number of aromatic nitrogens is 2. The third-order valence-electron chi connectivity index (χ3n) is 6.15. The van der Waals surface area contributed by atoms with Crippen LogP contribution in [0.25, 0.3) is 11.1 Å². The molecule has 2 aromatic heterocycles. The van der Waals surface area contributed by atoms with Gasteiger partial charge >= 0.3 is 0 Å². The van der Waals surface area contributed by atoms with E-state index >= 15 is 0 Å². The third-order valence-corrected chi connectivity index (χ3v) is 6.15. The van der Waals surface area contributed by atoms with E-state index in [1.807, 2.05) is 6.92 Å². The van der Waals surface area contributed by atoms with Crippen molar-refractivity contribution in [3.63, 3.8) is 0 Å². The van der Waals surface area contributed by atoms with Gasteiger partial charge in [0.15, 0.2) is 0 Å². The molecule has 8 heteroatoms. The molecule has 3 N–H and O–H groups in total. The molecule has 2 fully saturated rings. The van der Waals surface area contributed by atoms with E-state index in [1.165, 1.54) is 6.20 Å². The Bertz CT molecular complexity index is 1020. The second-order valence-corrected chi connectivity index (χ2v) is 8.72. The minimum atomic E-state index is -0.373. The summed E-state index contributed by atoms with van der Waals surface area (Å²) in [6.45, 7) is 3.29. The summed E-state index contributed by atoms with van der Waals surface area (Å²) < 4.78 is 5.29. The molecule has 1 saturated heterocycles. The number of pyridine rings is 2. The van der Waals surface area contributed by atoms with Gasteiger partial charge in [-0.3, -0.25) is 4.79 Å². The van der Waals surface area contributed by atoms with E-state index in [2.05, 4.69) is 26.3 Å². The average molecular weight is 421 g/mol. The van der Waals surface area contributed by atoms with Crippen LogP contribution in [0.4, 0.5) is 5.69 Å². The number of carbonyl (C=O) groups excluding carboxylic acids is 1. The molecule has 8 nitrogen and oxygen atoms in total. The molecule has 0 radical (unpaired) electrons. The monoisotopic (exact) mass is 420 g/mol. The number of nitrogens with one attached hydrogen (secondary N) is 1. The second kappa shape index (κ2) is 8.52. The number of nitriles is 1. The summed E-state index contributed by atoms with van der Waals surface area (Å²) >= 11 is 0. The standard InChI is InChI=1S/C23H28N6O2/c1-23(25)8-10-29(14-23)21-17(22(30)28-16-5-3-4-6-16)13-27-18(12-24)20(21)15-7-9-26-19(11-15)31-2/h7,9,11,13,16H,3-6,8,10,14,25H2,1-2H3,(H,28,30)/t23-/m0/s1. The van der Waals surface area contributed by atoms with Crippen LogP contribution in [0.5, 0.6) is 5.88 Å². The molecule has 31 heavy (non-hydrogen) atoms. The summed E-state index contributed by atoms with van der Waals surface area (Å²) in [7, 11) is 1.54. The van der Waals surface area contributed by atoms with E-state index in [1.54, 1.807) is 25.4 Å². The van der Waals surface area contributed by atoms with Crippen molar-refractivity contribution in [3.8, 4) is 23.1 Å². The van der Waals surface area contributed by atoms with Gasteiger partial charge in [0.1, 0.15) is 11.8 Å². The van der Waals surface area contributed by atoms with Gasteiger partial charge in [-0.15, -0.1) is 0 Å². The Hall–Kier alpha value is -3.18. The Morgan fingerprint density at radius 2 is 2.16 bits per heavy atom. The molecule has 4 rings (SSSR count). The number of rotatable bonds is 5. The average Bonchev–Trinajstić information content (AvgIpc) is 3.41. The largest absolute Gasteiger partial charge is 0.481 e. The van der Waals surface area contributed by atoms with E-state index in [-0.39, 0.29) is 23.2 Å². The van der Waals surface area contributed by atoms with E-state index in [0.29, 0.717) is 35.8 Å². The molecule has 0 aromatic carbocycles. The topological polar surface area (TPSA) is 117 Å². The van der Waals surface area contributed by atoms with Gasteiger partial charge < -0.3 is 20.7 Å². The number of amides is 1. The predicted octanol–water partition coefficient (Wildman–Crippen LogP) is 2.62. The van der Waals surface area contributed by atoms with E-state index in [4.69, 9.17) is 10.5 Å². The summed E-state index contributed by atoms with van der Waals surface area (Å²) in [5.74, 6) is 0.269. The molecule has 2 aliphatic rings. The zero-order valence-corrected chi connectivity index (χ0v) is 18.0. The van der Waals surface area contributed by atoms with Crippen LogP contribution in [0, 0.1) is 11.3 Å². The predicted molar refractivity (Wildman–Crippen MR) is 118 cm³/mol. The van der Waals surface area contributed by atoms with Crippen molar-refractivity contribution in [2.24, 2.45) is 5.73 Å². The minimum absolute atomic E-state index is 0.160. The molecule has 162 valence electrons. The first-order valence-electron chi connectivity index (χ1n) is 10.7. The lowest BCUT2D eigenvalue weighted by Gasteiger charge is -2.27. The molecule has 2 aromatic rings. The van der Waals surface area contributed by atoms with Crippen LogP contribution < -0.4 is 20.7 Å². The number of hydrogen-bond acceptors (Lipinski definition) is 7. The van der Waals surface area contributed by atoms with E-state index in [0.717, 1.165) is 37.7 Å². The molecule has 0 bridgehead atoms. The summed E-state index contributed by atoms with van der Waals surface area (Å²) in [5, 5.41) is 13.0. The van der Waals surface area contributed by atoms with E-state index < -0.39 is 0 Å². The molecule has 3 heterocycles. The normalized spacial score (nSPS) is 21.2. The highest BCUT2D eigenvalue weighted by atomic mass is 16.5. The van der Waals surface area contributed by atoms with Gasteiger partial charge in [-0.1, -0.05) is 12.8 Å². The smallest absolute Gasteiger partial charge is 0.255 e. The lowest BCUT2D eigenvalue weighted by molar-refractivity contribution is 0.0938. The Morgan fingerprint density at radius 1 is 1.39 bits per heavy atom. The quantitative estimate of drug-likeness (QED) is 0.763. The van der Waals surface area contributed by atoms with Gasteiger partial charge in [0.2, 0.25) is 5.88 Å². The van der Waals surface area contributed by atoms with Crippen LogP contribution in [0.2, 0.25) is 0 Å². The maximum Gasteiger partial charge on any atom is 0.255 e. The summed E-state index contributed by atoms with van der Waals surface area (Å²) in [6, 6.07) is 5.94. The number of nitrogens with zero attached hydrogens (tertiary/aromatic N) is 4.